The minimum Gasteiger partial charge on any atom is -0.480 e. The van der Waals surface area contributed by atoms with Crippen LogP contribution in [0.5, 0.6) is 0 Å². The van der Waals surface area contributed by atoms with Gasteiger partial charge in [0.1, 0.15) is 5.82 Å². The van der Waals surface area contributed by atoms with Crippen LogP contribution in [-0.2, 0) is 16.1 Å². The van der Waals surface area contributed by atoms with Gasteiger partial charge in [-0.15, -0.1) is 0 Å². The van der Waals surface area contributed by atoms with E-state index in [1.807, 2.05) is 4.90 Å². The van der Waals surface area contributed by atoms with Gasteiger partial charge in [0.05, 0.1) is 19.3 Å². The summed E-state index contributed by atoms with van der Waals surface area (Å²) in [6.45, 7) is 1.66. The second-order valence-corrected chi connectivity index (χ2v) is 4.80. The third-order valence-electron chi connectivity index (χ3n) is 3.25. The first-order valence-electron chi connectivity index (χ1n) is 6.44. The van der Waals surface area contributed by atoms with E-state index >= 15 is 0 Å². The highest BCUT2D eigenvalue weighted by molar-refractivity contribution is 5.69. The lowest BCUT2D eigenvalue weighted by Crippen LogP contribution is -2.42. The van der Waals surface area contributed by atoms with Crippen molar-refractivity contribution in [3.8, 4) is 0 Å². The fourth-order valence-electron chi connectivity index (χ4n) is 2.31. The van der Waals surface area contributed by atoms with Gasteiger partial charge in [-0.1, -0.05) is 18.2 Å². The maximum absolute atomic E-state index is 13.4. The SMILES string of the molecule is O=C(O)CN1CCC[C@H](OCc2ccccc2F)C1. The zero-order valence-corrected chi connectivity index (χ0v) is 10.7. The minimum atomic E-state index is -0.824. The molecule has 19 heavy (non-hydrogen) atoms. The Balaban J connectivity index is 1.82. The maximum Gasteiger partial charge on any atom is 0.317 e. The summed E-state index contributed by atoms with van der Waals surface area (Å²) in [6, 6.07) is 6.54. The average Bonchev–Trinajstić information content (AvgIpc) is 2.37. The summed E-state index contributed by atoms with van der Waals surface area (Å²) >= 11 is 0. The van der Waals surface area contributed by atoms with Crippen molar-refractivity contribution in [2.75, 3.05) is 19.6 Å². The largest absolute Gasteiger partial charge is 0.480 e. The lowest BCUT2D eigenvalue weighted by atomic mass is 10.1. The second-order valence-electron chi connectivity index (χ2n) is 4.80. The third kappa shape index (κ3) is 4.29. The Morgan fingerprint density at radius 2 is 2.26 bits per heavy atom. The zero-order valence-electron chi connectivity index (χ0n) is 10.7. The van der Waals surface area contributed by atoms with Crippen LogP contribution in [0, 0.1) is 5.82 Å². The number of nitrogens with zero attached hydrogens (tertiary/aromatic N) is 1. The summed E-state index contributed by atoms with van der Waals surface area (Å²) in [7, 11) is 0. The van der Waals surface area contributed by atoms with Gasteiger partial charge in [0, 0.05) is 12.1 Å². The summed E-state index contributed by atoms with van der Waals surface area (Å²) in [6.07, 6.45) is 1.78. The molecule has 0 aromatic heterocycles. The summed E-state index contributed by atoms with van der Waals surface area (Å²) in [5.41, 5.74) is 0.540. The number of carboxylic acid groups (broad SMARTS) is 1. The number of benzene rings is 1. The first-order valence-corrected chi connectivity index (χ1v) is 6.44. The monoisotopic (exact) mass is 267 g/mol. The van der Waals surface area contributed by atoms with Gasteiger partial charge in [-0.2, -0.15) is 0 Å². The van der Waals surface area contributed by atoms with E-state index < -0.39 is 5.97 Å². The molecule has 1 atom stereocenters. The van der Waals surface area contributed by atoms with Crippen molar-refractivity contribution in [1.29, 1.82) is 0 Å². The minimum absolute atomic E-state index is 0.0206. The Morgan fingerprint density at radius 1 is 1.47 bits per heavy atom. The highest BCUT2D eigenvalue weighted by Crippen LogP contribution is 2.16. The fourth-order valence-corrected chi connectivity index (χ4v) is 2.31. The highest BCUT2D eigenvalue weighted by Gasteiger charge is 2.22. The van der Waals surface area contributed by atoms with Gasteiger partial charge in [-0.05, 0) is 25.5 Å². The number of aliphatic carboxylic acids is 1. The lowest BCUT2D eigenvalue weighted by molar-refractivity contribution is -0.139. The van der Waals surface area contributed by atoms with Gasteiger partial charge in [0.15, 0.2) is 0 Å². The van der Waals surface area contributed by atoms with Crippen LogP contribution in [0.1, 0.15) is 18.4 Å². The molecule has 1 aliphatic heterocycles. The first kappa shape index (κ1) is 14.0. The highest BCUT2D eigenvalue weighted by atomic mass is 19.1. The second kappa shape index (κ2) is 6.63. The van der Waals surface area contributed by atoms with Gasteiger partial charge in [-0.25, -0.2) is 4.39 Å². The Hall–Kier alpha value is -1.46. The molecule has 0 spiro atoms. The van der Waals surface area contributed by atoms with Crippen LogP contribution in [0.25, 0.3) is 0 Å². The van der Waals surface area contributed by atoms with Crippen LogP contribution >= 0.6 is 0 Å². The van der Waals surface area contributed by atoms with Crippen molar-refractivity contribution >= 4 is 5.97 Å². The molecular weight excluding hydrogens is 249 g/mol. The number of halogens is 1. The van der Waals surface area contributed by atoms with E-state index in [9.17, 15) is 9.18 Å². The van der Waals surface area contributed by atoms with Crippen molar-refractivity contribution in [2.24, 2.45) is 0 Å². The zero-order chi connectivity index (χ0) is 13.7. The number of ether oxygens (including phenoxy) is 1. The molecular formula is C14H18FNO3. The lowest BCUT2D eigenvalue weighted by Gasteiger charge is -2.31. The van der Waals surface area contributed by atoms with Crippen molar-refractivity contribution in [3.05, 3.63) is 35.6 Å². The fraction of sp³-hybridized carbons (Fsp3) is 0.500. The molecule has 1 aromatic carbocycles. The van der Waals surface area contributed by atoms with E-state index in [0.29, 0.717) is 12.1 Å². The van der Waals surface area contributed by atoms with Gasteiger partial charge >= 0.3 is 5.97 Å². The molecule has 1 heterocycles. The quantitative estimate of drug-likeness (QED) is 0.885. The van der Waals surface area contributed by atoms with Crippen LogP contribution in [0.15, 0.2) is 24.3 Å². The normalized spacial score (nSPS) is 20.4. The first-order chi connectivity index (χ1) is 9.15. The molecule has 0 bridgehead atoms. The standard InChI is InChI=1S/C14H18FNO3/c15-13-6-2-1-4-11(13)10-19-12-5-3-7-16(8-12)9-14(17)18/h1-2,4,6,12H,3,5,7-10H2,(H,17,18)/t12-/m0/s1. The molecule has 5 heteroatoms. The van der Waals surface area contributed by atoms with E-state index in [-0.39, 0.29) is 25.1 Å². The Kier molecular flexibility index (Phi) is 4.87. The molecule has 0 aliphatic carbocycles. The van der Waals surface area contributed by atoms with E-state index in [2.05, 4.69) is 0 Å². The summed E-state index contributed by atoms with van der Waals surface area (Å²) in [5, 5.41) is 8.76. The number of likely N-dealkylation sites (tertiary alicyclic amines) is 1. The number of hydrogen-bond donors (Lipinski definition) is 1. The van der Waals surface area contributed by atoms with Crippen LogP contribution in [0.3, 0.4) is 0 Å². The van der Waals surface area contributed by atoms with Gasteiger partial charge in [0.25, 0.3) is 0 Å². The predicted molar refractivity (Wildman–Crippen MR) is 68.3 cm³/mol. The molecule has 1 fully saturated rings. The summed E-state index contributed by atoms with van der Waals surface area (Å²) in [4.78, 5) is 12.5. The number of rotatable bonds is 5. The molecule has 2 rings (SSSR count). The molecule has 0 unspecified atom stereocenters. The average molecular weight is 267 g/mol. The van der Waals surface area contributed by atoms with Gasteiger partial charge < -0.3 is 9.84 Å². The smallest absolute Gasteiger partial charge is 0.317 e. The van der Waals surface area contributed by atoms with E-state index in [1.54, 1.807) is 18.2 Å². The van der Waals surface area contributed by atoms with E-state index in [4.69, 9.17) is 9.84 Å². The molecule has 4 nitrogen and oxygen atoms in total. The summed E-state index contributed by atoms with van der Waals surface area (Å²) in [5.74, 6) is -1.09. The maximum atomic E-state index is 13.4. The van der Waals surface area contributed by atoms with Crippen LogP contribution in [-0.4, -0.2) is 41.7 Å². The van der Waals surface area contributed by atoms with Gasteiger partial charge in [0.2, 0.25) is 0 Å². The number of piperidine rings is 1. The number of hydrogen-bond acceptors (Lipinski definition) is 3. The predicted octanol–water partition coefficient (Wildman–Crippen LogP) is 1.89. The molecule has 104 valence electrons. The van der Waals surface area contributed by atoms with Crippen molar-refractivity contribution in [2.45, 2.75) is 25.6 Å². The van der Waals surface area contributed by atoms with Crippen molar-refractivity contribution in [1.82, 2.24) is 4.90 Å². The van der Waals surface area contributed by atoms with Crippen molar-refractivity contribution in [3.63, 3.8) is 0 Å². The van der Waals surface area contributed by atoms with Gasteiger partial charge in [-0.3, -0.25) is 9.69 Å². The molecule has 0 amide bonds. The van der Waals surface area contributed by atoms with Crippen LogP contribution < -0.4 is 0 Å². The Labute approximate surface area is 111 Å². The molecule has 1 saturated heterocycles. The Bertz CT molecular complexity index is 438. The van der Waals surface area contributed by atoms with Crippen LogP contribution in [0.4, 0.5) is 4.39 Å². The van der Waals surface area contributed by atoms with E-state index in [0.717, 1.165) is 19.4 Å². The molecule has 0 radical (unpaired) electrons. The molecule has 1 aliphatic rings. The van der Waals surface area contributed by atoms with E-state index in [1.165, 1.54) is 6.07 Å². The number of carbonyl (C=O) groups is 1. The Morgan fingerprint density at radius 3 is 3.00 bits per heavy atom. The van der Waals surface area contributed by atoms with Crippen LogP contribution in [0.2, 0.25) is 0 Å². The topological polar surface area (TPSA) is 49.8 Å². The van der Waals surface area contributed by atoms with Crippen molar-refractivity contribution < 1.29 is 19.0 Å². The molecule has 1 N–H and O–H groups in total. The number of carboxylic acids is 1. The third-order valence-corrected chi connectivity index (χ3v) is 3.25. The summed E-state index contributed by atoms with van der Waals surface area (Å²) < 4.78 is 19.1. The molecule has 0 saturated carbocycles. The molecule has 1 aromatic rings.